The number of likely N-dealkylation sites (tertiary alicyclic amines) is 1. The summed E-state index contributed by atoms with van der Waals surface area (Å²) in [5, 5.41) is 3.97. The molecular weight excluding hydrogens is 604 g/mol. The van der Waals surface area contributed by atoms with E-state index in [4.69, 9.17) is 21.1 Å². The number of piperidine rings is 2. The number of halogens is 1. The molecule has 0 aromatic heterocycles. The Bertz CT molecular complexity index is 1410. The van der Waals surface area contributed by atoms with E-state index in [1.165, 1.54) is 0 Å². The van der Waals surface area contributed by atoms with Crippen molar-refractivity contribution in [1.29, 1.82) is 0 Å². The van der Waals surface area contributed by atoms with Gasteiger partial charge in [0, 0.05) is 67.9 Å². The number of aryl methyl sites for hydroxylation is 2. The van der Waals surface area contributed by atoms with Crippen LogP contribution in [0.15, 0.2) is 30.3 Å². The second-order valence-corrected chi connectivity index (χ2v) is 13.6. The molecular formula is C36H49ClN4O5. The van der Waals surface area contributed by atoms with Gasteiger partial charge in [-0.25, -0.2) is 0 Å². The fraction of sp³-hybridized carbons (Fsp3) is 0.583. The molecule has 2 atom stereocenters. The summed E-state index contributed by atoms with van der Waals surface area (Å²) in [6, 6.07) is 10.8. The first kappa shape index (κ1) is 34.0. The van der Waals surface area contributed by atoms with Gasteiger partial charge in [-0.1, -0.05) is 23.7 Å². The minimum atomic E-state index is -0.103. The number of hydrogen-bond donors (Lipinski definition) is 1. The Morgan fingerprint density at radius 3 is 2.26 bits per heavy atom. The smallest absolute Gasteiger partial charge is 0.230 e. The van der Waals surface area contributed by atoms with Gasteiger partial charge in [0.15, 0.2) is 11.5 Å². The predicted molar refractivity (Wildman–Crippen MR) is 181 cm³/mol. The lowest BCUT2D eigenvalue weighted by atomic mass is 9.94. The Balaban J connectivity index is 1.16. The van der Waals surface area contributed by atoms with Gasteiger partial charge in [-0.15, -0.1) is 0 Å². The second-order valence-electron chi connectivity index (χ2n) is 13.2. The maximum Gasteiger partial charge on any atom is 0.230 e. The van der Waals surface area contributed by atoms with Crippen LogP contribution in [0.4, 0.5) is 5.69 Å². The summed E-state index contributed by atoms with van der Waals surface area (Å²) >= 11 is 6.50. The minimum absolute atomic E-state index is 0.0320. The molecule has 3 heterocycles. The van der Waals surface area contributed by atoms with Gasteiger partial charge >= 0.3 is 0 Å². The van der Waals surface area contributed by atoms with Gasteiger partial charge in [-0.05, 0) is 93.7 Å². The lowest BCUT2D eigenvalue weighted by Crippen LogP contribution is -2.51. The monoisotopic (exact) mass is 652 g/mol. The van der Waals surface area contributed by atoms with Crippen molar-refractivity contribution in [3.63, 3.8) is 0 Å². The molecule has 0 aliphatic carbocycles. The van der Waals surface area contributed by atoms with E-state index in [1.54, 1.807) is 21.1 Å². The number of methoxy groups -OCH3 is 2. The van der Waals surface area contributed by atoms with Gasteiger partial charge in [0.05, 0.1) is 20.6 Å². The van der Waals surface area contributed by atoms with E-state index in [9.17, 15) is 14.4 Å². The molecule has 0 spiro atoms. The number of nitrogens with one attached hydrogen (secondary N) is 1. The van der Waals surface area contributed by atoms with Crippen molar-refractivity contribution >= 4 is 35.0 Å². The van der Waals surface area contributed by atoms with Crippen molar-refractivity contribution in [2.45, 2.75) is 90.3 Å². The van der Waals surface area contributed by atoms with Crippen LogP contribution in [0.2, 0.25) is 5.02 Å². The number of ether oxygens (including phenoxy) is 2. The highest BCUT2D eigenvalue weighted by atomic mass is 35.5. The fourth-order valence-electron chi connectivity index (χ4n) is 7.74. The first-order valence-electron chi connectivity index (χ1n) is 16.7. The number of anilines is 1. The van der Waals surface area contributed by atoms with E-state index in [1.807, 2.05) is 54.0 Å². The molecule has 2 bridgehead atoms. The lowest BCUT2D eigenvalue weighted by molar-refractivity contribution is -0.133. The number of carbonyl (C=O) groups excluding carboxylic acids is 3. The first-order chi connectivity index (χ1) is 22.1. The van der Waals surface area contributed by atoms with Gasteiger partial charge in [0.25, 0.3) is 0 Å². The Labute approximate surface area is 278 Å². The number of rotatable bonds is 11. The van der Waals surface area contributed by atoms with Crippen molar-refractivity contribution in [1.82, 2.24) is 15.1 Å². The summed E-state index contributed by atoms with van der Waals surface area (Å²) in [6.07, 6.45) is 6.68. The van der Waals surface area contributed by atoms with Crippen LogP contribution >= 0.6 is 11.6 Å². The third-order valence-corrected chi connectivity index (χ3v) is 10.6. The standard InChI is InChI=1S/C36H49ClN4O5/c1-23-7-8-31(22-32(23)37)41(36(44)27-11-15-39(16-12-27)25(3)42)14-6-13-40-29-9-10-30(40)21-28(20-29)38-34(43)19-26-17-24(2)35(46-5)33(18-26)45-4/h7-8,17-18,22,27-30H,6,9-16,19-21H2,1-5H3,(H,38,43). The normalized spacial score (nSPS) is 21.6. The van der Waals surface area contributed by atoms with Gasteiger partial charge < -0.3 is 24.6 Å². The number of benzene rings is 2. The first-order valence-corrected chi connectivity index (χ1v) is 17.0. The molecule has 2 aromatic carbocycles. The zero-order valence-corrected chi connectivity index (χ0v) is 28.7. The minimum Gasteiger partial charge on any atom is -0.493 e. The fourth-order valence-corrected chi connectivity index (χ4v) is 7.91. The average Bonchev–Trinajstić information content (AvgIpc) is 3.27. The third kappa shape index (κ3) is 7.80. The Kier molecular flexibility index (Phi) is 11.2. The van der Waals surface area contributed by atoms with E-state index >= 15 is 0 Å². The van der Waals surface area contributed by atoms with E-state index in [0.717, 1.165) is 61.0 Å². The largest absolute Gasteiger partial charge is 0.493 e. The zero-order chi connectivity index (χ0) is 33.0. The third-order valence-electron chi connectivity index (χ3n) is 10.2. The van der Waals surface area contributed by atoms with Gasteiger partial charge in [-0.2, -0.15) is 0 Å². The van der Waals surface area contributed by atoms with E-state index in [2.05, 4.69) is 10.2 Å². The van der Waals surface area contributed by atoms with Crippen LogP contribution in [0.25, 0.3) is 0 Å². The summed E-state index contributed by atoms with van der Waals surface area (Å²) in [5.74, 6) is 1.45. The molecule has 9 nitrogen and oxygen atoms in total. The van der Waals surface area contributed by atoms with Crippen LogP contribution in [-0.4, -0.2) is 86.0 Å². The van der Waals surface area contributed by atoms with Gasteiger partial charge in [0.2, 0.25) is 17.7 Å². The van der Waals surface area contributed by atoms with Gasteiger partial charge in [-0.3, -0.25) is 19.3 Å². The quantitative estimate of drug-likeness (QED) is 0.354. The van der Waals surface area contributed by atoms with Crippen LogP contribution in [0.5, 0.6) is 11.5 Å². The molecule has 3 amide bonds. The Morgan fingerprint density at radius 2 is 1.65 bits per heavy atom. The number of nitrogens with zero attached hydrogens (tertiary/aromatic N) is 3. The molecule has 0 saturated carbocycles. The Hall–Kier alpha value is -3.30. The molecule has 10 heteroatoms. The number of hydrogen-bond acceptors (Lipinski definition) is 6. The van der Waals surface area contributed by atoms with E-state index in [-0.39, 0.29) is 29.7 Å². The molecule has 1 N–H and O–H groups in total. The highest BCUT2D eigenvalue weighted by molar-refractivity contribution is 6.31. The van der Waals surface area contributed by atoms with Crippen molar-refractivity contribution in [3.05, 3.63) is 52.0 Å². The Morgan fingerprint density at radius 1 is 0.957 bits per heavy atom. The predicted octanol–water partition coefficient (Wildman–Crippen LogP) is 5.31. The summed E-state index contributed by atoms with van der Waals surface area (Å²) < 4.78 is 10.9. The van der Waals surface area contributed by atoms with Crippen LogP contribution in [0.1, 0.15) is 68.6 Å². The highest BCUT2D eigenvalue weighted by Gasteiger charge is 2.41. The number of amides is 3. The lowest BCUT2D eigenvalue weighted by Gasteiger charge is -2.40. The molecule has 2 aromatic rings. The summed E-state index contributed by atoms with van der Waals surface area (Å²) in [7, 11) is 3.23. The van der Waals surface area contributed by atoms with Crippen LogP contribution in [-0.2, 0) is 20.8 Å². The number of carbonyl (C=O) groups is 3. The second kappa shape index (κ2) is 15.1. The van der Waals surface area contributed by atoms with E-state index in [0.29, 0.717) is 67.5 Å². The zero-order valence-electron chi connectivity index (χ0n) is 27.9. The summed E-state index contributed by atoms with van der Waals surface area (Å²) in [6.45, 7) is 8.29. The highest BCUT2D eigenvalue weighted by Crippen LogP contribution is 2.37. The SMILES string of the molecule is COc1cc(CC(=O)NC2CC3CCC(C2)N3CCCN(C(=O)C2CCN(C(C)=O)CC2)c2ccc(C)c(Cl)c2)cc(C)c1OC. The molecule has 5 rings (SSSR count). The van der Waals surface area contributed by atoms with Gasteiger partial charge in [0.1, 0.15) is 0 Å². The summed E-state index contributed by atoms with van der Waals surface area (Å²) in [5.41, 5.74) is 3.67. The average molecular weight is 653 g/mol. The number of fused-ring (bicyclic) bond motifs is 2. The molecule has 3 saturated heterocycles. The molecule has 3 fully saturated rings. The molecule has 46 heavy (non-hydrogen) atoms. The molecule has 3 aliphatic heterocycles. The molecule has 250 valence electrons. The van der Waals surface area contributed by atoms with E-state index < -0.39 is 0 Å². The van der Waals surface area contributed by atoms with Crippen molar-refractivity contribution in [3.8, 4) is 11.5 Å². The van der Waals surface area contributed by atoms with Crippen LogP contribution in [0, 0.1) is 19.8 Å². The maximum absolute atomic E-state index is 13.9. The molecule has 3 aliphatic rings. The molecule has 2 unspecified atom stereocenters. The van der Waals surface area contributed by atoms with Crippen LogP contribution in [0.3, 0.4) is 0 Å². The molecule has 0 radical (unpaired) electrons. The van der Waals surface area contributed by atoms with Crippen LogP contribution < -0.4 is 19.7 Å². The van der Waals surface area contributed by atoms with Crippen molar-refractivity contribution < 1.29 is 23.9 Å². The summed E-state index contributed by atoms with van der Waals surface area (Å²) in [4.78, 5) is 45.1. The topological polar surface area (TPSA) is 91.4 Å². The maximum atomic E-state index is 13.9. The van der Waals surface area contributed by atoms with Crippen molar-refractivity contribution in [2.24, 2.45) is 5.92 Å². The van der Waals surface area contributed by atoms with Crippen molar-refractivity contribution in [2.75, 3.05) is 45.3 Å².